The Bertz CT molecular complexity index is 138. The molecule has 0 bridgehead atoms. The Morgan fingerprint density at radius 1 is 1.55 bits per heavy atom. The lowest BCUT2D eigenvalue weighted by molar-refractivity contribution is 0.163. The smallest absolute Gasteiger partial charge is 0.0650 e. The minimum atomic E-state index is 0.651. The van der Waals surface area contributed by atoms with Gasteiger partial charge in [0.15, 0.2) is 0 Å². The maximum Gasteiger partial charge on any atom is 0.0650 e. The van der Waals surface area contributed by atoms with Crippen LogP contribution in [0.25, 0.3) is 0 Å². The van der Waals surface area contributed by atoms with Crippen LogP contribution in [-0.4, -0.2) is 13.2 Å². The van der Waals surface area contributed by atoms with Crippen LogP contribution < -0.4 is 0 Å². The Morgan fingerprint density at radius 3 is 2.82 bits per heavy atom. The number of hydrogen-bond acceptors (Lipinski definition) is 1. The Kier molecular flexibility index (Phi) is 7.64. The molecule has 0 spiro atoms. The Morgan fingerprint density at radius 2 is 2.27 bits per heavy atom. The van der Waals surface area contributed by atoms with E-state index in [0.717, 1.165) is 18.1 Å². The van der Waals surface area contributed by atoms with Gasteiger partial charge < -0.3 is 4.74 Å². The molecule has 1 nitrogen and oxygen atoms in total. The highest BCUT2D eigenvalue weighted by molar-refractivity contribution is 6.31. The first kappa shape index (κ1) is 10.7. The van der Waals surface area contributed by atoms with Gasteiger partial charge in [-0.2, -0.15) is 0 Å². The second-order valence-electron chi connectivity index (χ2n) is 2.15. The van der Waals surface area contributed by atoms with Crippen LogP contribution in [-0.2, 0) is 4.74 Å². The molecule has 64 valence electrons. The van der Waals surface area contributed by atoms with Gasteiger partial charge >= 0.3 is 0 Å². The molecule has 0 amide bonds. The Labute approximate surface area is 73.7 Å². The molecule has 11 heavy (non-hydrogen) atoms. The van der Waals surface area contributed by atoms with Crippen molar-refractivity contribution in [2.45, 2.75) is 20.3 Å². The van der Waals surface area contributed by atoms with Crippen LogP contribution in [0, 0.1) is 0 Å². The highest BCUT2D eigenvalue weighted by Gasteiger charge is 1.81. The molecule has 0 aliphatic carbocycles. The molecule has 0 fully saturated rings. The third kappa shape index (κ3) is 7.63. The molecule has 0 aromatic carbocycles. The summed E-state index contributed by atoms with van der Waals surface area (Å²) >= 11 is 5.70. The Balaban J connectivity index is 3.30. The summed E-state index contributed by atoms with van der Waals surface area (Å²) in [6, 6.07) is 0. The lowest BCUT2D eigenvalue weighted by atomic mass is 10.4. The normalized spacial score (nSPS) is 12.8. The van der Waals surface area contributed by atoms with Crippen molar-refractivity contribution in [3.63, 3.8) is 0 Å². The number of ether oxygens (including phenoxy) is 1. The average Bonchev–Trinajstić information content (AvgIpc) is 2.04. The Hall–Kier alpha value is -0.270. The van der Waals surface area contributed by atoms with Crippen molar-refractivity contribution in [2.24, 2.45) is 0 Å². The topological polar surface area (TPSA) is 9.23 Å². The molecule has 0 radical (unpaired) electrons. The van der Waals surface area contributed by atoms with Crippen molar-refractivity contribution < 1.29 is 4.74 Å². The van der Waals surface area contributed by atoms with Gasteiger partial charge in [0, 0.05) is 11.6 Å². The van der Waals surface area contributed by atoms with Crippen LogP contribution in [0.15, 0.2) is 23.3 Å². The average molecular weight is 175 g/mol. The molecule has 0 unspecified atom stereocenters. The van der Waals surface area contributed by atoms with Crippen molar-refractivity contribution in [3.8, 4) is 0 Å². The van der Waals surface area contributed by atoms with Gasteiger partial charge in [-0.25, -0.2) is 0 Å². The van der Waals surface area contributed by atoms with E-state index in [4.69, 9.17) is 16.3 Å². The lowest BCUT2D eigenvalue weighted by Crippen LogP contribution is -1.91. The van der Waals surface area contributed by atoms with Gasteiger partial charge in [-0.3, -0.25) is 0 Å². The monoisotopic (exact) mass is 174 g/mol. The van der Waals surface area contributed by atoms with E-state index in [9.17, 15) is 0 Å². The van der Waals surface area contributed by atoms with Crippen molar-refractivity contribution >= 4 is 11.6 Å². The number of halogens is 1. The van der Waals surface area contributed by atoms with Gasteiger partial charge in [0.05, 0.1) is 6.61 Å². The first-order chi connectivity index (χ1) is 5.31. The lowest BCUT2D eigenvalue weighted by Gasteiger charge is -1.94. The summed E-state index contributed by atoms with van der Waals surface area (Å²) in [6.07, 6.45) is 6.66. The molecule has 0 heterocycles. The van der Waals surface area contributed by atoms with E-state index >= 15 is 0 Å². The number of rotatable bonds is 5. The van der Waals surface area contributed by atoms with Gasteiger partial charge in [-0.05, 0) is 19.4 Å². The van der Waals surface area contributed by atoms with Crippen LogP contribution in [0.1, 0.15) is 20.3 Å². The first-order valence-corrected chi connectivity index (χ1v) is 4.25. The molecule has 0 aliphatic heterocycles. The van der Waals surface area contributed by atoms with Gasteiger partial charge in [-0.1, -0.05) is 30.7 Å². The number of hydrogen-bond donors (Lipinski definition) is 0. The molecule has 2 heteroatoms. The fourth-order valence-electron chi connectivity index (χ4n) is 0.553. The maximum absolute atomic E-state index is 5.70. The largest absolute Gasteiger partial charge is 0.377 e. The van der Waals surface area contributed by atoms with Gasteiger partial charge in [0.25, 0.3) is 0 Å². The molecule has 0 N–H and O–H groups in total. The SMILES string of the molecule is C/C=C(Cl)\C=C/COCCC. The molecular weight excluding hydrogens is 160 g/mol. The summed E-state index contributed by atoms with van der Waals surface area (Å²) in [6.45, 7) is 5.46. The van der Waals surface area contributed by atoms with E-state index in [0.29, 0.717) is 6.61 Å². The first-order valence-electron chi connectivity index (χ1n) is 3.87. The van der Waals surface area contributed by atoms with E-state index in [2.05, 4.69) is 6.92 Å². The third-order valence-electron chi connectivity index (χ3n) is 1.12. The number of allylic oxidation sites excluding steroid dienone is 3. The molecule has 0 aromatic heterocycles. The van der Waals surface area contributed by atoms with E-state index in [1.165, 1.54) is 0 Å². The molecule has 0 rings (SSSR count). The molecule has 0 saturated carbocycles. The zero-order chi connectivity index (χ0) is 8.53. The van der Waals surface area contributed by atoms with Crippen molar-refractivity contribution in [1.29, 1.82) is 0 Å². The van der Waals surface area contributed by atoms with Crippen LogP contribution in [0.3, 0.4) is 0 Å². The van der Waals surface area contributed by atoms with Gasteiger partial charge in [0.2, 0.25) is 0 Å². The fraction of sp³-hybridized carbons (Fsp3) is 0.556. The highest BCUT2D eigenvalue weighted by atomic mass is 35.5. The molecule has 0 aliphatic rings. The van der Waals surface area contributed by atoms with E-state index < -0.39 is 0 Å². The van der Waals surface area contributed by atoms with Crippen LogP contribution in [0.2, 0.25) is 0 Å². The summed E-state index contributed by atoms with van der Waals surface area (Å²) in [4.78, 5) is 0. The molecule has 0 saturated heterocycles. The predicted molar refractivity (Wildman–Crippen MR) is 49.9 cm³/mol. The summed E-state index contributed by atoms with van der Waals surface area (Å²) < 4.78 is 5.21. The van der Waals surface area contributed by atoms with Crippen molar-refractivity contribution in [2.75, 3.05) is 13.2 Å². The second-order valence-corrected chi connectivity index (χ2v) is 2.59. The molecule has 0 aromatic rings. The van der Waals surface area contributed by atoms with E-state index in [1.54, 1.807) is 0 Å². The maximum atomic E-state index is 5.70. The summed E-state index contributed by atoms with van der Waals surface area (Å²) in [5.41, 5.74) is 0. The van der Waals surface area contributed by atoms with Gasteiger partial charge in [-0.15, -0.1) is 0 Å². The summed E-state index contributed by atoms with van der Waals surface area (Å²) in [5, 5.41) is 0.755. The van der Waals surface area contributed by atoms with Crippen molar-refractivity contribution in [3.05, 3.63) is 23.3 Å². The van der Waals surface area contributed by atoms with Crippen LogP contribution >= 0.6 is 11.6 Å². The zero-order valence-corrected chi connectivity index (χ0v) is 7.90. The molecular formula is C9H15ClO. The predicted octanol–water partition coefficient (Wildman–Crippen LogP) is 3.11. The van der Waals surface area contributed by atoms with Crippen LogP contribution in [0.4, 0.5) is 0 Å². The minimum absolute atomic E-state index is 0.651. The third-order valence-corrected chi connectivity index (χ3v) is 1.46. The molecule has 0 atom stereocenters. The van der Waals surface area contributed by atoms with Crippen LogP contribution in [0.5, 0.6) is 0 Å². The standard InChI is InChI=1S/C9H15ClO/c1-3-7-11-8-5-6-9(10)4-2/h4-6H,3,7-8H2,1-2H3/b6-5-,9-4+. The summed E-state index contributed by atoms with van der Waals surface area (Å²) in [5.74, 6) is 0. The van der Waals surface area contributed by atoms with Crippen molar-refractivity contribution in [1.82, 2.24) is 0 Å². The van der Waals surface area contributed by atoms with Gasteiger partial charge in [0.1, 0.15) is 0 Å². The highest BCUT2D eigenvalue weighted by Crippen LogP contribution is 2.01. The zero-order valence-electron chi connectivity index (χ0n) is 7.14. The quantitative estimate of drug-likeness (QED) is 0.460. The second kappa shape index (κ2) is 7.83. The van der Waals surface area contributed by atoms with E-state index in [-0.39, 0.29) is 0 Å². The minimum Gasteiger partial charge on any atom is -0.377 e. The van der Waals surface area contributed by atoms with E-state index in [1.807, 2.05) is 25.2 Å². The summed E-state index contributed by atoms with van der Waals surface area (Å²) in [7, 11) is 0. The fourth-order valence-corrected chi connectivity index (χ4v) is 0.642.